The fourth-order valence-corrected chi connectivity index (χ4v) is 1.53. The average Bonchev–Trinajstić information content (AvgIpc) is 2.30. The highest BCUT2D eigenvalue weighted by molar-refractivity contribution is 5.86. The Morgan fingerprint density at radius 3 is 2.56 bits per heavy atom. The second-order valence-corrected chi connectivity index (χ2v) is 4.10. The fourth-order valence-electron chi connectivity index (χ4n) is 1.53. The van der Waals surface area contributed by atoms with Crippen molar-refractivity contribution < 1.29 is 0 Å². The third kappa shape index (κ3) is 6.44. The van der Waals surface area contributed by atoms with Gasteiger partial charge < -0.3 is 4.90 Å². The molecule has 16 heavy (non-hydrogen) atoms. The molecule has 0 bridgehead atoms. The lowest BCUT2D eigenvalue weighted by Crippen LogP contribution is -2.24. The molecule has 0 amide bonds. The van der Waals surface area contributed by atoms with Gasteiger partial charge in [-0.15, -0.1) is 6.58 Å². The lowest BCUT2D eigenvalue weighted by molar-refractivity contribution is 0.448. The van der Waals surface area contributed by atoms with Crippen LogP contribution in [0.1, 0.15) is 39.0 Å². The Labute approximate surface area is 101 Å². The molecule has 0 spiro atoms. The van der Waals surface area contributed by atoms with Crippen molar-refractivity contribution >= 4 is 5.71 Å². The minimum Gasteiger partial charge on any atom is -0.373 e. The number of hydrogen-bond acceptors (Lipinski definition) is 2. The normalized spacial score (nSPS) is 11.3. The maximum atomic E-state index is 4.26. The van der Waals surface area contributed by atoms with E-state index in [9.17, 15) is 0 Å². The summed E-state index contributed by atoms with van der Waals surface area (Å²) in [6.07, 6.45) is 7.58. The van der Waals surface area contributed by atoms with Crippen LogP contribution in [-0.4, -0.2) is 31.3 Å². The predicted molar refractivity (Wildman–Crippen MR) is 74.1 cm³/mol. The van der Waals surface area contributed by atoms with E-state index in [4.69, 9.17) is 0 Å². The van der Waals surface area contributed by atoms with Gasteiger partial charge >= 0.3 is 0 Å². The minimum absolute atomic E-state index is 0.910. The van der Waals surface area contributed by atoms with Crippen LogP contribution >= 0.6 is 0 Å². The van der Waals surface area contributed by atoms with Gasteiger partial charge in [-0.2, -0.15) is 0 Å². The van der Waals surface area contributed by atoms with Crippen LogP contribution in [0.4, 0.5) is 0 Å². The van der Waals surface area contributed by atoms with Crippen molar-refractivity contribution in [2.24, 2.45) is 4.99 Å². The zero-order chi connectivity index (χ0) is 12.4. The van der Waals surface area contributed by atoms with Gasteiger partial charge in [0.25, 0.3) is 0 Å². The monoisotopic (exact) mass is 222 g/mol. The molecule has 0 aromatic rings. The van der Waals surface area contributed by atoms with Gasteiger partial charge in [0.15, 0.2) is 0 Å². The van der Waals surface area contributed by atoms with Crippen LogP contribution in [0.15, 0.2) is 29.9 Å². The van der Waals surface area contributed by atoms with E-state index in [1.165, 1.54) is 24.3 Å². The molecule has 0 heterocycles. The van der Waals surface area contributed by atoms with Crippen molar-refractivity contribution in [3.05, 3.63) is 24.9 Å². The molecular formula is C14H26N2. The van der Waals surface area contributed by atoms with E-state index in [2.05, 4.69) is 37.0 Å². The largest absolute Gasteiger partial charge is 0.373 e. The Balaban J connectivity index is 3.85. The predicted octanol–water partition coefficient (Wildman–Crippen LogP) is 3.66. The average molecular weight is 222 g/mol. The van der Waals surface area contributed by atoms with Crippen molar-refractivity contribution in [3.8, 4) is 0 Å². The maximum Gasteiger partial charge on any atom is 0.0551 e. The Kier molecular flexibility index (Phi) is 8.59. The smallest absolute Gasteiger partial charge is 0.0551 e. The highest BCUT2D eigenvalue weighted by Crippen LogP contribution is 2.10. The number of aliphatic imine (C=N–C) groups is 1. The molecule has 0 saturated carbocycles. The van der Waals surface area contributed by atoms with Gasteiger partial charge in [0.05, 0.1) is 6.54 Å². The molecule has 0 N–H and O–H groups in total. The van der Waals surface area contributed by atoms with Crippen molar-refractivity contribution in [2.45, 2.75) is 39.0 Å². The summed E-state index contributed by atoms with van der Waals surface area (Å²) < 4.78 is 0. The van der Waals surface area contributed by atoms with Crippen LogP contribution in [-0.2, 0) is 0 Å². The van der Waals surface area contributed by atoms with E-state index < -0.39 is 0 Å². The first-order valence-corrected chi connectivity index (χ1v) is 6.10. The first-order valence-electron chi connectivity index (χ1n) is 6.10. The highest BCUT2D eigenvalue weighted by atomic mass is 15.1. The van der Waals surface area contributed by atoms with E-state index in [1.807, 2.05) is 13.1 Å². The SMILES string of the molecule is C=CCCCCC(=C)N(C)CC(CC)=NC. The first kappa shape index (κ1) is 14.9. The Morgan fingerprint density at radius 1 is 1.38 bits per heavy atom. The number of unbranched alkanes of at least 4 members (excludes halogenated alkanes) is 2. The molecule has 92 valence electrons. The molecule has 0 fully saturated rings. The molecular weight excluding hydrogens is 196 g/mol. The number of rotatable bonds is 9. The third-order valence-electron chi connectivity index (χ3n) is 2.81. The maximum absolute atomic E-state index is 4.26. The van der Waals surface area contributed by atoms with E-state index >= 15 is 0 Å². The van der Waals surface area contributed by atoms with E-state index in [0.717, 1.165) is 25.8 Å². The summed E-state index contributed by atoms with van der Waals surface area (Å²) >= 11 is 0. The van der Waals surface area contributed by atoms with E-state index in [-0.39, 0.29) is 0 Å². The molecule has 0 aliphatic heterocycles. The van der Waals surface area contributed by atoms with E-state index in [1.54, 1.807) is 0 Å². The summed E-state index contributed by atoms with van der Waals surface area (Å²) in [5, 5.41) is 0. The molecule has 0 aliphatic rings. The number of allylic oxidation sites excluding steroid dienone is 2. The van der Waals surface area contributed by atoms with Gasteiger partial charge in [-0.3, -0.25) is 4.99 Å². The second kappa shape index (κ2) is 9.20. The third-order valence-corrected chi connectivity index (χ3v) is 2.81. The van der Waals surface area contributed by atoms with Gasteiger partial charge in [-0.1, -0.05) is 19.6 Å². The van der Waals surface area contributed by atoms with Crippen LogP contribution in [0.25, 0.3) is 0 Å². The van der Waals surface area contributed by atoms with Crippen LogP contribution < -0.4 is 0 Å². The molecule has 2 heteroatoms. The second-order valence-electron chi connectivity index (χ2n) is 4.10. The number of hydrogen-bond donors (Lipinski definition) is 0. The molecule has 0 rings (SSSR count). The van der Waals surface area contributed by atoms with Gasteiger partial charge in [0.1, 0.15) is 0 Å². The first-order chi connectivity index (χ1) is 7.65. The molecule has 0 aromatic carbocycles. The summed E-state index contributed by atoms with van der Waals surface area (Å²) in [7, 11) is 3.95. The highest BCUT2D eigenvalue weighted by Gasteiger charge is 2.04. The van der Waals surface area contributed by atoms with Crippen LogP contribution in [0, 0.1) is 0 Å². The lowest BCUT2D eigenvalue weighted by atomic mass is 10.1. The van der Waals surface area contributed by atoms with Crippen LogP contribution in [0.2, 0.25) is 0 Å². The zero-order valence-electron chi connectivity index (χ0n) is 11.1. The van der Waals surface area contributed by atoms with Crippen molar-refractivity contribution in [1.82, 2.24) is 4.90 Å². The van der Waals surface area contributed by atoms with Crippen LogP contribution in [0.3, 0.4) is 0 Å². The molecule has 0 aromatic heterocycles. The van der Waals surface area contributed by atoms with Gasteiger partial charge in [-0.25, -0.2) is 0 Å². The van der Waals surface area contributed by atoms with E-state index in [0.29, 0.717) is 0 Å². The van der Waals surface area contributed by atoms with Crippen LogP contribution in [0.5, 0.6) is 0 Å². The zero-order valence-corrected chi connectivity index (χ0v) is 11.1. The Bertz CT molecular complexity index is 241. The quantitative estimate of drug-likeness (QED) is 0.330. The van der Waals surface area contributed by atoms with Gasteiger partial charge in [0, 0.05) is 25.5 Å². The summed E-state index contributed by atoms with van der Waals surface area (Å²) in [5.74, 6) is 0. The molecule has 0 saturated heterocycles. The molecule has 0 atom stereocenters. The fraction of sp³-hybridized carbons (Fsp3) is 0.643. The topological polar surface area (TPSA) is 15.6 Å². The standard InChI is InChI=1S/C14H26N2/c1-6-8-9-10-11-13(3)16(5)12-14(7-2)15-4/h6H,1,3,7-12H2,2,4-5H3. The van der Waals surface area contributed by atoms with Gasteiger partial charge in [0.2, 0.25) is 0 Å². The lowest BCUT2D eigenvalue weighted by Gasteiger charge is -2.22. The molecule has 2 nitrogen and oxygen atoms in total. The summed E-state index contributed by atoms with van der Waals surface area (Å²) in [6.45, 7) is 10.9. The molecule has 0 aliphatic carbocycles. The van der Waals surface area contributed by atoms with Crippen molar-refractivity contribution in [1.29, 1.82) is 0 Å². The summed E-state index contributed by atoms with van der Waals surface area (Å²) in [4.78, 5) is 6.47. The van der Waals surface area contributed by atoms with Crippen molar-refractivity contribution in [2.75, 3.05) is 20.6 Å². The molecule has 0 unspecified atom stereocenters. The molecule has 0 radical (unpaired) electrons. The Morgan fingerprint density at radius 2 is 2.06 bits per heavy atom. The van der Waals surface area contributed by atoms with Crippen molar-refractivity contribution in [3.63, 3.8) is 0 Å². The van der Waals surface area contributed by atoms with Gasteiger partial charge in [-0.05, 0) is 32.1 Å². The summed E-state index contributed by atoms with van der Waals surface area (Å²) in [5.41, 5.74) is 2.44. The number of nitrogens with zero attached hydrogens (tertiary/aromatic N) is 2. The summed E-state index contributed by atoms with van der Waals surface area (Å²) in [6, 6.07) is 0. The minimum atomic E-state index is 0.910. The Hall–Kier alpha value is -1.05.